The van der Waals surface area contributed by atoms with Crippen LogP contribution < -0.4 is 20.9 Å². The van der Waals surface area contributed by atoms with Gasteiger partial charge in [0.05, 0.1) is 6.61 Å². The van der Waals surface area contributed by atoms with E-state index in [1.807, 2.05) is 18.2 Å². The summed E-state index contributed by atoms with van der Waals surface area (Å²) >= 11 is 0. The molecule has 0 amide bonds. The van der Waals surface area contributed by atoms with E-state index in [0.717, 1.165) is 29.0 Å². The number of nitrogens with one attached hydrogen (secondary N) is 2. The molecule has 248 valence electrons. The first-order valence-electron chi connectivity index (χ1n) is 15.0. The molecule has 0 bridgehead atoms. The van der Waals surface area contributed by atoms with Crippen LogP contribution in [0.3, 0.4) is 0 Å². The van der Waals surface area contributed by atoms with Gasteiger partial charge in [0.2, 0.25) is 5.72 Å². The number of aromatic nitrogens is 2. The summed E-state index contributed by atoms with van der Waals surface area (Å²) in [7, 11) is -4.47. The molecule has 1 unspecified atom stereocenters. The van der Waals surface area contributed by atoms with E-state index in [1.165, 1.54) is 25.3 Å². The quantitative estimate of drug-likeness (QED) is 0.0926. The molecule has 1 saturated carbocycles. The molecule has 3 heterocycles. The number of azide groups is 1. The van der Waals surface area contributed by atoms with Gasteiger partial charge in [-0.15, -0.1) is 0 Å². The van der Waals surface area contributed by atoms with Crippen LogP contribution in [0.2, 0.25) is 0 Å². The highest BCUT2D eigenvalue weighted by Crippen LogP contribution is 2.55. The Labute approximate surface area is 268 Å². The van der Waals surface area contributed by atoms with E-state index in [0.29, 0.717) is 12.8 Å². The topological polar surface area (TPSA) is 205 Å². The summed E-state index contributed by atoms with van der Waals surface area (Å²) in [4.78, 5) is 42.7. The van der Waals surface area contributed by atoms with E-state index >= 15 is 0 Å². The van der Waals surface area contributed by atoms with Gasteiger partial charge in [-0.1, -0.05) is 53.6 Å². The van der Waals surface area contributed by atoms with Gasteiger partial charge in [-0.25, -0.2) is 9.36 Å². The highest BCUT2D eigenvalue weighted by molar-refractivity contribution is 7.52. The van der Waals surface area contributed by atoms with Gasteiger partial charge in [-0.3, -0.25) is 23.7 Å². The second-order valence-electron chi connectivity index (χ2n) is 11.4. The number of aromatic amines is 1. The Morgan fingerprint density at radius 1 is 1.11 bits per heavy atom. The van der Waals surface area contributed by atoms with Gasteiger partial charge in [0.1, 0.15) is 30.6 Å². The lowest BCUT2D eigenvalue weighted by Gasteiger charge is -2.33. The molecule has 0 radical (unpaired) electrons. The first-order valence-corrected chi connectivity index (χ1v) is 16.6. The van der Waals surface area contributed by atoms with Crippen LogP contribution in [0.5, 0.6) is 5.75 Å². The maximum absolute atomic E-state index is 14.3. The number of esters is 1. The molecule has 2 aliphatic heterocycles. The predicted octanol–water partition coefficient (Wildman–Crippen LogP) is 4.05. The minimum Gasteiger partial charge on any atom is -0.460 e. The van der Waals surface area contributed by atoms with Gasteiger partial charge in [-0.05, 0) is 43.0 Å². The highest BCUT2D eigenvalue weighted by atomic mass is 31.2. The third-order valence-corrected chi connectivity index (χ3v) is 9.71. The summed E-state index contributed by atoms with van der Waals surface area (Å²) in [5.74, 6) is -1.61. The van der Waals surface area contributed by atoms with Crippen LogP contribution >= 0.6 is 7.75 Å². The van der Waals surface area contributed by atoms with Crippen molar-refractivity contribution in [1.29, 1.82) is 0 Å². The molecule has 1 aromatic heterocycles. The van der Waals surface area contributed by atoms with Crippen LogP contribution in [0.15, 0.2) is 87.6 Å². The van der Waals surface area contributed by atoms with Crippen LogP contribution in [0, 0.1) is 0 Å². The summed E-state index contributed by atoms with van der Waals surface area (Å²) < 4.78 is 51.4. The number of carbonyl (C=O) groups is 1. The Kier molecular flexibility index (Phi) is 9.35. The molecule has 3 aromatic rings. The highest BCUT2D eigenvalue weighted by Gasteiger charge is 2.66. The molecule has 47 heavy (non-hydrogen) atoms. The number of benzene rings is 2. The van der Waals surface area contributed by atoms with Crippen LogP contribution in [0.4, 0.5) is 0 Å². The zero-order valence-corrected chi connectivity index (χ0v) is 26.2. The van der Waals surface area contributed by atoms with Crippen molar-refractivity contribution in [2.45, 2.75) is 75.2 Å². The van der Waals surface area contributed by atoms with E-state index in [9.17, 15) is 24.5 Å². The smallest absolute Gasteiger partial charge is 0.459 e. The van der Waals surface area contributed by atoms with Crippen LogP contribution in [-0.4, -0.2) is 51.9 Å². The Morgan fingerprint density at radius 2 is 1.81 bits per heavy atom. The molecule has 3 fully saturated rings. The fourth-order valence-corrected chi connectivity index (χ4v) is 7.37. The lowest BCUT2D eigenvalue weighted by Crippen LogP contribution is -2.46. The van der Waals surface area contributed by atoms with E-state index in [4.69, 9.17) is 28.0 Å². The summed E-state index contributed by atoms with van der Waals surface area (Å²) in [6, 6.07) is 17.1. The Morgan fingerprint density at radius 3 is 2.49 bits per heavy atom. The Hall–Kier alpha value is -4.27. The minimum absolute atomic E-state index is 0.0160. The molecule has 6 atom stereocenters. The molecular formula is C30H33N6O10P. The third-order valence-electron chi connectivity index (χ3n) is 8.09. The molecule has 6 rings (SSSR count). The minimum atomic E-state index is -4.47. The lowest BCUT2D eigenvalue weighted by atomic mass is 10.1. The molecule has 16 nitrogen and oxygen atoms in total. The van der Waals surface area contributed by atoms with E-state index in [1.54, 1.807) is 30.3 Å². The van der Waals surface area contributed by atoms with Gasteiger partial charge in [0, 0.05) is 30.0 Å². The van der Waals surface area contributed by atoms with Crippen molar-refractivity contribution in [3.8, 4) is 5.75 Å². The fourth-order valence-electron chi connectivity index (χ4n) is 5.86. The number of para-hydroxylation sites is 1. The largest absolute Gasteiger partial charge is 0.460 e. The van der Waals surface area contributed by atoms with E-state index in [-0.39, 0.29) is 12.4 Å². The van der Waals surface area contributed by atoms with E-state index in [2.05, 4.69) is 20.1 Å². The van der Waals surface area contributed by atoms with Crippen molar-refractivity contribution in [1.82, 2.24) is 14.6 Å². The molecule has 1 spiro atoms. The summed E-state index contributed by atoms with van der Waals surface area (Å²) in [6.07, 6.45) is 0.604. The van der Waals surface area contributed by atoms with Crippen molar-refractivity contribution in [2.75, 3.05) is 6.61 Å². The number of rotatable bonds is 12. The summed E-state index contributed by atoms with van der Waals surface area (Å²) in [6.45, 7) is 0.701. The molecule has 2 aromatic carbocycles. The molecular weight excluding hydrogens is 635 g/mol. The lowest BCUT2D eigenvalue weighted by molar-refractivity contribution is -0.237. The number of nitrogens with zero attached hydrogens (tertiary/aromatic N) is 4. The molecule has 1 aliphatic carbocycles. The monoisotopic (exact) mass is 668 g/mol. The first-order chi connectivity index (χ1) is 22.6. The van der Waals surface area contributed by atoms with Gasteiger partial charge in [-0.2, -0.15) is 5.09 Å². The van der Waals surface area contributed by atoms with Gasteiger partial charge in [0.25, 0.3) is 5.56 Å². The third kappa shape index (κ3) is 7.04. The maximum atomic E-state index is 14.3. The number of H-pyrrole nitrogens is 1. The first kappa shape index (κ1) is 32.7. The van der Waals surface area contributed by atoms with Crippen LogP contribution in [-0.2, 0) is 39.4 Å². The number of hydrogen-bond donors (Lipinski definition) is 2. The van der Waals surface area contributed by atoms with Crippen molar-refractivity contribution in [3.05, 3.63) is 110 Å². The maximum Gasteiger partial charge on any atom is 0.459 e. The van der Waals surface area contributed by atoms with Crippen molar-refractivity contribution < 1.29 is 37.4 Å². The fraction of sp³-hybridized carbons (Fsp3) is 0.433. The SMILES string of the molecule is C[C@H](NP(=O)(OC[C@@]1(N=[N+]=[N-])O[C@@H](n2ccc(=O)[nH]c2=O)[C@@H]2OC3(CCCC3)O[C@@H]21)Oc1ccccc1)C(=O)OCc1ccccc1. The number of fused-ring (bicyclic) bond motifs is 1. The Bertz CT molecular complexity index is 1790. The molecule has 2 N–H and O–H groups in total. The van der Waals surface area contributed by atoms with Gasteiger partial charge >= 0.3 is 19.4 Å². The van der Waals surface area contributed by atoms with Gasteiger partial charge < -0.3 is 23.5 Å². The summed E-state index contributed by atoms with van der Waals surface area (Å²) in [5.41, 5.74) is 7.00. The second-order valence-corrected chi connectivity index (χ2v) is 13.1. The van der Waals surface area contributed by atoms with E-state index < -0.39 is 67.6 Å². The molecule has 3 aliphatic rings. The zero-order valence-electron chi connectivity index (χ0n) is 25.3. The zero-order chi connectivity index (χ0) is 33.1. The van der Waals surface area contributed by atoms with Crippen molar-refractivity contribution in [3.63, 3.8) is 0 Å². The standard InChI is InChI=1S/C30H33N6O10P/c1-20(27(38)41-18-21-10-4-2-5-11-21)33-47(40,46-22-12-6-3-7-13-22)42-19-30(34-35-31)25-24(43-29(44-25)15-8-9-16-29)26(45-30)36-17-14-23(37)32-28(36)39/h2-7,10-14,17,20,24-26H,8-9,15-16,18-19H2,1H3,(H,33,40)(H,32,37,39)/t20-,24+,25-,26+,30+,47?/m0/s1. The molecule has 17 heteroatoms. The predicted molar refractivity (Wildman–Crippen MR) is 164 cm³/mol. The molecule has 2 saturated heterocycles. The van der Waals surface area contributed by atoms with Gasteiger partial charge in [0.15, 0.2) is 12.0 Å². The Balaban J connectivity index is 1.28. The summed E-state index contributed by atoms with van der Waals surface area (Å²) in [5, 5.41) is 6.51. The van der Waals surface area contributed by atoms with Crippen molar-refractivity contribution in [2.24, 2.45) is 5.11 Å². The average Bonchev–Trinajstić information content (AvgIpc) is 3.76. The number of ether oxygens (including phenoxy) is 4. The van der Waals surface area contributed by atoms with Crippen LogP contribution in [0.25, 0.3) is 10.4 Å². The average molecular weight is 669 g/mol. The van der Waals surface area contributed by atoms with Crippen LogP contribution in [0.1, 0.15) is 44.4 Å². The normalized spacial score (nSPS) is 26.2. The van der Waals surface area contributed by atoms with Crippen molar-refractivity contribution >= 4 is 13.7 Å². The number of hydrogen-bond acceptors (Lipinski definition) is 11. The number of carbonyl (C=O) groups excluding carboxylic acids is 1. The second kappa shape index (κ2) is 13.5.